The van der Waals surface area contributed by atoms with Crippen molar-refractivity contribution in [3.05, 3.63) is 214 Å². The molecule has 1 unspecified atom stereocenters. The van der Waals surface area contributed by atoms with E-state index >= 15 is 0 Å². The number of carbonyl (C=O) groups is 2. The molecule has 2 N–H and O–H groups in total. The molecule has 70 heavy (non-hydrogen) atoms. The van der Waals surface area contributed by atoms with Crippen LogP contribution in [0.25, 0.3) is 5.57 Å². The van der Waals surface area contributed by atoms with Crippen molar-refractivity contribution in [2.75, 3.05) is 13.1 Å². The van der Waals surface area contributed by atoms with Gasteiger partial charge < -0.3 is 12.1 Å². The molecular weight excluding hydrogens is 1080 g/mol. The molecule has 14 heteroatoms. The Bertz CT molecular complexity index is 2970. The van der Waals surface area contributed by atoms with E-state index in [-0.39, 0.29) is 72.4 Å². The summed E-state index contributed by atoms with van der Waals surface area (Å²) in [6, 6.07) is 46.4. The van der Waals surface area contributed by atoms with Crippen molar-refractivity contribution in [1.82, 2.24) is 10.6 Å². The zero-order chi connectivity index (χ0) is 48.8. The summed E-state index contributed by atoms with van der Waals surface area (Å²) >= 11 is 41.0. The number of hydrogen-bond acceptors (Lipinski definition) is 4. The predicted molar refractivity (Wildman–Crippen MR) is 285 cm³/mol. The zero-order valence-corrected chi connectivity index (χ0v) is 46.2. The second-order valence-electron chi connectivity index (χ2n) is 18.0. The van der Waals surface area contributed by atoms with Gasteiger partial charge in [0.05, 0.1) is 34.6 Å². The number of amides is 2. The van der Waals surface area contributed by atoms with Crippen molar-refractivity contribution >= 4 is 103 Å². The minimum Gasteiger partial charge on any atom is -1.00 e. The molecule has 2 saturated heterocycles. The van der Waals surface area contributed by atoms with E-state index in [1.807, 2.05) is 97.1 Å². The van der Waals surface area contributed by atoms with Crippen LogP contribution in [-0.2, 0) is 21.3 Å². The second-order valence-corrected chi connectivity index (χ2v) is 21.1. The summed E-state index contributed by atoms with van der Waals surface area (Å²) in [6.45, 7) is 1.39. The van der Waals surface area contributed by atoms with Gasteiger partial charge in [0.2, 0.25) is 11.8 Å². The third-order valence-corrected chi connectivity index (χ3v) is 16.2. The van der Waals surface area contributed by atoms with Crippen LogP contribution in [0.15, 0.2) is 140 Å². The Morgan fingerprint density at radius 1 is 0.629 bits per heavy atom. The molecule has 6 aromatic carbocycles. The SMILES string of the molecule is N#Cc1ccc(CBr)cc1.N#Cc1ccc(C[C@@]23CC(c4ccc(Cl)cc4Cl)[C@@H](c4ccc(Cl)cc4)C[C@@H]2CNC3=O)cc1.O=C1NC[C@H]2C[C@H](c3ccc(Cl)cc3)C(c3ccc(Cl)cc3Cl)=C[C@@H]12.[H-].[Na+]. The average molecular weight is 1120 g/mol. The van der Waals surface area contributed by atoms with Gasteiger partial charge in [-0.25, -0.2) is 0 Å². The summed E-state index contributed by atoms with van der Waals surface area (Å²) in [7, 11) is 0. The van der Waals surface area contributed by atoms with Crippen LogP contribution in [0.3, 0.4) is 0 Å². The summed E-state index contributed by atoms with van der Waals surface area (Å²) in [5, 5.41) is 28.4. The molecule has 0 bridgehead atoms. The van der Waals surface area contributed by atoms with Gasteiger partial charge in [-0.1, -0.05) is 152 Å². The van der Waals surface area contributed by atoms with Gasteiger partial charge in [0.15, 0.2) is 0 Å². The first kappa shape index (κ1) is 54.0. The predicted octanol–water partition coefficient (Wildman–Crippen LogP) is 12.3. The molecule has 2 amide bonds. The van der Waals surface area contributed by atoms with Crippen LogP contribution in [-0.4, -0.2) is 24.9 Å². The van der Waals surface area contributed by atoms with Crippen LogP contribution in [0.4, 0.5) is 0 Å². The molecule has 3 fully saturated rings. The second kappa shape index (κ2) is 24.3. The number of nitrogens with zero attached hydrogens (tertiary/aromatic N) is 2. The Kier molecular flexibility index (Phi) is 18.7. The van der Waals surface area contributed by atoms with E-state index < -0.39 is 5.41 Å². The standard InChI is InChI=1S/C28H23Cl3N2O.C20H16Cl3NO.C8H6BrN.Na.H/c29-21-7-5-19(6-8-21)24-11-20-16-33-27(34)28(20,13-17-1-3-18(15-32)4-2-17)14-25(24)23-10-9-22(30)12-26(23)31;21-13-3-1-11(2-4-13)16-7-12-10-24-20(25)17(12)9-18(16)15-6-5-14(22)8-19(15)23;9-5-7-1-3-8(6-10)4-2-7;;/h1-10,12,20,24-25H,11,13-14,16H2,(H,33,34);1-6,8-9,12,16-17H,7,10H2,(H,24,25);1-4H,5H2;;/q;;;+1;-1/t20-,24-,25?,28-;12-,16-,17-;;;/m11.../s1. The number of nitrogens with one attached hydrogen (secondary N) is 2. The van der Waals surface area contributed by atoms with Gasteiger partial charge in [0, 0.05) is 54.5 Å². The van der Waals surface area contributed by atoms with Crippen LogP contribution in [0.2, 0.25) is 30.1 Å². The number of alkyl halides is 1. The molecule has 2 aliphatic carbocycles. The molecule has 0 aromatic heterocycles. The molecule has 1 saturated carbocycles. The van der Waals surface area contributed by atoms with Crippen LogP contribution in [0.1, 0.15) is 83.0 Å². The molecule has 0 radical (unpaired) electrons. The van der Waals surface area contributed by atoms with E-state index in [2.05, 4.69) is 69.0 Å². The molecule has 7 atom stereocenters. The number of nitriles is 2. The van der Waals surface area contributed by atoms with Gasteiger partial charge in [0.1, 0.15) is 0 Å². The maximum absolute atomic E-state index is 13.4. The average Bonchev–Trinajstić information content (AvgIpc) is 3.88. The van der Waals surface area contributed by atoms with Crippen molar-refractivity contribution in [2.45, 2.75) is 48.8 Å². The number of benzene rings is 6. The van der Waals surface area contributed by atoms with Crippen LogP contribution >= 0.6 is 85.5 Å². The molecule has 0 spiro atoms. The van der Waals surface area contributed by atoms with E-state index in [1.54, 1.807) is 12.1 Å². The first-order valence-corrected chi connectivity index (χ1v) is 25.9. The first-order valence-electron chi connectivity index (χ1n) is 22.5. The summed E-state index contributed by atoms with van der Waals surface area (Å²) in [5.41, 5.74) is 8.47. The van der Waals surface area contributed by atoms with Crippen molar-refractivity contribution < 1.29 is 40.6 Å². The minimum absolute atomic E-state index is 0. The number of fused-ring (bicyclic) bond motifs is 2. The normalized spacial score (nSPS) is 22.9. The number of allylic oxidation sites excluding steroid dienone is 1. The summed E-state index contributed by atoms with van der Waals surface area (Å²) < 4.78 is 0. The van der Waals surface area contributed by atoms with Crippen LogP contribution in [0.5, 0.6) is 0 Å². The van der Waals surface area contributed by atoms with Crippen molar-refractivity contribution in [3.8, 4) is 12.1 Å². The van der Waals surface area contributed by atoms with E-state index in [4.69, 9.17) is 80.1 Å². The maximum Gasteiger partial charge on any atom is 1.00 e. The van der Waals surface area contributed by atoms with Crippen molar-refractivity contribution in [1.29, 1.82) is 10.5 Å². The molecular formula is C56H46BrCl6N4NaO2. The fourth-order valence-electron chi connectivity index (χ4n) is 10.5. The Morgan fingerprint density at radius 3 is 1.76 bits per heavy atom. The molecule has 2 heterocycles. The van der Waals surface area contributed by atoms with Gasteiger partial charge in [-0.15, -0.1) is 0 Å². The summed E-state index contributed by atoms with van der Waals surface area (Å²) in [5.74, 6) is 1.03. The molecule has 6 nitrogen and oxygen atoms in total. The summed E-state index contributed by atoms with van der Waals surface area (Å²) in [6.07, 6.45) is 5.16. The van der Waals surface area contributed by atoms with E-state index in [9.17, 15) is 9.59 Å². The molecule has 2 aliphatic heterocycles. The maximum atomic E-state index is 13.4. The van der Waals surface area contributed by atoms with Gasteiger partial charge in [0.25, 0.3) is 0 Å². The molecule has 4 aliphatic rings. The van der Waals surface area contributed by atoms with Crippen molar-refractivity contribution in [2.24, 2.45) is 23.2 Å². The number of carbonyl (C=O) groups excluding carboxylic acids is 2. The molecule has 352 valence electrons. The Balaban J connectivity index is 0.000000195. The fourth-order valence-corrected chi connectivity index (χ4v) is 12.2. The summed E-state index contributed by atoms with van der Waals surface area (Å²) in [4.78, 5) is 25.6. The molecule has 6 aromatic rings. The van der Waals surface area contributed by atoms with Crippen molar-refractivity contribution in [3.63, 3.8) is 0 Å². The van der Waals surface area contributed by atoms with Crippen LogP contribution in [0, 0.1) is 45.8 Å². The zero-order valence-electron chi connectivity index (χ0n) is 39.0. The monoisotopic (exact) mass is 1120 g/mol. The van der Waals surface area contributed by atoms with Gasteiger partial charge in [-0.2, -0.15) is 10.5 Å². The van der Waals surface area contributed by atoms with E-state index in [0.717, 1.165) is 47.0 Å². The van der Waals surface area contributed by atoms with Gasteiger partial charge in [-0.3, -0.25) is 9.59 Å². The smallest absolute Gasteiger partial charge is 1.00 e. The third kappa shape index (κ3) is 12.3. The Labute approximate surface area is 471 Å². The fraction of sp³-hybridized carbons (Fsp3) is 0.250. The quantitative estimate of drug-likeness (QED) is 0.123. The Morgan fingerprint density at radius 2 is 1.19 bits per heavy atom. The number of halogens is 7. The van der Waals surface area contributed by atoms with Gasteiger partial charge >= 0.3 is 29.6 Å². The topological polar surface area (TPSA) is 106 Å². The number of hydrogen-bond donors (Lipinski definition) is 2. The third-order valence-electron chi connectivity index (χ3n) is 14.0. The van der Waals surface area contributed by atoms with E-state index in [1.165, 1.54) is 16.7 Å². The van der Waals surface area contributed by atoms with Crippen LogP contribution < -0.4 is 40.2 Å². The number of rotatable bonds is 7. The Hall–Kier alpha value is -3.80. The largest absolute Gasteiger partial charge is 1.00 e. The molecule has 10 rings (SSSR count). The first-order chi connectivity index (χ1) is 33.3. The van der Waals surface area contributed by atoms with E-state index in [0.29, 0.717) is 66.6 Å². The minimum atomic E-state index is -0.537. The van der Waals surface area contributed by atoms with Gasteiger partial charge in [-0.05, 0) is 161 Å².